The first-order chi connectivity index (χ1) is 6.58. The SMILES string of the molecule is O=C(O)/C=C/C1=CC=C(O)C=C(O)C1. The zero-order chi connectivity index (χ0) is 10.6. The minimum Gasteiger partial charge on any atom is -0.512 e. The van der Waals surface area contributed by atoms with E-state index in [9.17, 15) is 9.90 Å². The monoisotopic (exact) mass is 194 g/mol. The fraction of sp³-hybridized carbons (Fsp3) is 0.100. The van der Waals surface area contributed by atoms with Crippen molar-refractivity contribution in [3.8, 4) is 0 Å². The van der Waals surface area contributed by atoms with Crippen LogP contribution in [0.3, 0.4) is 0 Å². The highest BCUT2D eigenvalue weighted by atomic mass is 16.4. The average Bonchev–Trinajstić information content (AvgIpc) is 2.23. The molecule has 0 heterocycles. The molecule has 0 atom stereocenters. The van der Waals surface area contributed by atoms with E-state index in [1.54, 1.807) is 6.08 Å². The number of allylic oxidation sites excluding steroid dienone is 5. The molecular formula is C10H10O4. The molecule has 0 spiro atoms. The predicted molar refractivity (Wildman–Crippen MR) is 50.9 cm³/mol. The number of aliphatic hydroxyl groups excluding tert-OH is 2. The number of carbonyl (C=O) groups is 1. The maximum atomic E-state index is 10.2. The standard InChI is InChI=1S/C10H10O4/c11-8-3-1-7(2-4-10(13)14)5-9(12)6-8/h1-4,6,11-12H,5H2,(H,13,14)/b4-2+. The van der Waals surface area contributed by atoms with Crippen molar-refractivity contribution in [2.75, 3.05) is 0 Å². The minimum absolute atomic E-state index is 0.00228. The van der Waals surface area contributed by atoms with Crippen LogP contribution in [0.4, 0.5) is 0 Å². The van der Waals surface area contributed by atoms with Crippen molar-refractivity contribution in [2.45, 2.75) is 6.42 Å². The summed E-state index contributed by atoms with van der Waals surface area (Å²) in [4.78, 5) is 10.2. The van der Waals surface area contributed by atoms with Crippen LogP contribution in [-0.4, -0.2) is 21.3 Å². The van der Waals surface area contributed by atoms with Crippen LogP contribution < -0.4 is 0 Å². The van der Waals surface area contributed by atoms with Crippen LogP contribution in [0, 0.1) is 0 Å². The summed E-state index contributed by atoms with van der Waals surface area (Å²) in [5, 5.41) is 26.7. The lowest BCUT2D eigenvalue weighted by molar-refractivity contribution is -0.131. The molecular weight excluding hydrogens is 184 g/mol. The molecule has 0 aromatic heterocycles. The molecule has 1 rings (SSSR count). The van der Waals surface area contributed by atoms with Crippen LogP contribution in [0.5, 0.6) is 0 Å². The minimum atomic E-state index is -1.05. The Morgan fingerprint density at radius 1 is 1.36 bits per heavy atom. The molecule has 4 heteroatoms. The number of hydrogen-bond donors (Lipinski definition) is 3. The third-order valence-corrected chi connectivity index (χ3v) is 1.61. The van der Waals surface area contributed by atoms with E-state index < -0.39 is 5.97 Å². The van der Waals surface area contributed by atoms with Gasteiger partial charge in [0.05, 0.1) is 0 Å². The van der Waals surface area contributed by atoms with E-state index >= 15 is 0 Å². The molecule has 0 saturated carbocycles. The van der Waals surface area contributed by atoms with Crippen molar-refractivity contribution in [2.24, 2.45) is 0 Å². The van der Waals surface area contributed by atoms with Gasteiger partial charge in [0.2, 0.25) is 0 Å². The number of aliphatic carboxylic acids is 1. The largest absolute Gasteiger partial charge is 0.512 e. The van der Waals surface area contributed by atoms with E-state index in [-0.39, 0.29) is 17.9 Å². The van der Waals surface area contributed by atoms with Crippen LogP contribution in [0.25, 0.3) is 0 Å². The molecule has 14 heavy (non-hydrogen) atoms. The second kappa shape index (κ2) is 4.32. The van der Waals surface area contributed by atoms with Crippen LogP contribution in [0.15, 0.2) is 47.5 Å². The fourth-order valence-corrected chi connectivity index (χ4v) is 1.02. The van der Waals surface area contributed by atoms with Gasteiger partial charge in [-0.15, -0.1) is 0 Å². The molecule has 0 unspecified atom stereocenters. The van der Waals surface area contributed by atoms with Gasteiger partial charge in [0, 0.05) is 18.6 Å². The van der Waals surface area contributed by atoms with Crippen LogP contribution in [-0.2, 0) is 4.79 Å². The third kappa shape index (κ3) is 3.18. The van der Waals surface area contributed by atoms with Gasteiger partial charge in [0.15, 0.2) is 0 Å². The van der Waals surface area contributed by atoms with Gasteiger partial charge in [0.1, 0.15) is 11.5 Å². The zero-order valence-electron chi connectivity index (χ0n) is 7.34. The summed E-state index contributed by atoms with van der Waals surface area (Å²) < 4.78 is 0. The second-order valence-corrected chi connectivity index (χ2v) is 2.82. The van der Waals surface area contributed by atoms with E-state index in [0.717, 1.165) is 6.08 Å². The molecule has 3 N–H and O–H groups in total. The van der Waals surface area contributed by atoms with E-state index in [1.165, 1.54) is 18.2 Å². The van der Waals surface area contributed by atoms with Crippen LogP contribution >= 0.6 is 0 Å². The molecule has 0 aliphatic heterocycles. The Morgan fingerprint density at radius 3 is 2.71 bits per heavy atom. The number of carboxylic acids is 1. The first kappa shape index (κ1) is 10.1. The van der Waals surface area contributed by atoms with Gasteiger partial charge in [0.25, 0.3) is 0 Å². The van der Waals surface area contributed by atoms with Crippen molar-refractivity contribution in [1.29, 1.82) is 0 Å². The Kier molecular flexibility index (Phi) is 3.12. The molecule has 0 fully saturated rings. The normalized spacial score (nSPS) is 17.0. The Bertz CT molecular complexity index is 358. The average molecular weight is 194 g/mol. The molecule has 1 aliphatic carbocycles. The summed E-state index contributed by atoms with van der Waals surface area (Å²) in [7, 11) is 0. The second-order valence-electron chi connectivity index (χ2n) is 2.82. The maximum absolute atomic E-state index is 10.2. The summed E-state index contributed by atoms with van der Waals surface area (Å²) in [6.45, 7) is 0. The van der Waals surface area contributed by atoms with Crippen molar-refractivity contribution < 1.29 is 20.1 Å². The Balaban J connectivity index is 2.82. The topological polar surface area (TPSA) is 77.8 Å². The molecule has 0 bridgehead atoms. The van der Waals surface area contributed by atoms with Gasteiger partial charge in [-0.1, -0.05) is 12.2 Å². The Labute approximate surface area is 80.8 Å². The Hall–Kier alpha value is -1.97. The maximum Gasteiger partial charge on any atom is 0.328 e. The summed E-state index contributed by atoms with van der Waals surface area (Å²) >= 11 is 0. The lowest BCUT2D eigenvalue weighted by Crippen LogP contribution is -1.88. The smallest absolute Gasteiger partial charge is 0.328 e. The van der Waals surface area contributed by atoms with E-state index in [0.29, 0.717) is 5.57 Å². The van der Waals surface area contributed by atoms with Crippen LogP contribution in [0.1, 0.15) is 6.42 Å². The molecule has 74 valence electrons. The summed E-state index contributed by atoms with van der Waals surface area (Å²) in [5.74, 6) is -1.11. The van der Waals surface area contributed by atoms with Gasteiger partial charge in [-0.3, -0.25) is 0 Å². The van der Waals surface area contributed by atoms with Gasteiger partial charge in [-0.2, -0.15) is 0 Å². The Morgan fingerprint density at radius 2 is 2.07 bits per heavy atom. The van der Waals surface area contributed by atoms with Crippen LogP contribution in [0.2, 0.25) is 0 Å². The predicted octanol–water partition coefficient (Wildman–Crippen LogP) is 1.84. The van der Waals surface area contributed by atoms with E-state index in [2.05, 4.69) is 0 Å². The highest BCUT2D eigenvalue weighted by molar-refractivity contribution is 5.80. The molecule has 4 nitrogen and oxygen atoms in total. The number of rotatable bonds is 2. The summed E-state index contributed by atoms with van der Waals surface area (Å²) in [6, 6.07) is 0. The third-order valence-electron chi connectivity index (χ3n) is 1.61. The molecule has 0 radical (unpaired) electrons. The van der Waals surface area contributed by atoms with Gasteiger partial charge in [-0.25, -0.2) is 4.79 Å². The molecule has 0 aromatic carbocycles. The summed E-state index contributed by atoms with van der Waals surface area (Å²) in [5.41, 5.74) is 0.616. The molecule has 0 amide bonds. The number of hydrogen-bond acceptors (Lipinski definition) is 3. The molecule has 1 aliphatic rings. The van der Waals surface area contributed by atoms with Gasteiger partial charge in [-0.05, 0) is 11.6 Å². The number of aliphatic hydroxyl groups is 2. The van der Waals surface area contributed by atoms with E-state index in [1.807, 2.05) is 0 Å². The first-order valence-electron chi connectivity index (χ1n) is 3.98. The zero-order valence-corrected chi connectivity index (χ0v) is 7.34. The summed E-state index contributed by atoms with van der Waals surface area (Å²) in [6.07, 6.45) is 6.73. The van der Waals surface area contributed by atoms with Gasteiger partial charge >= 0.3 is 5.97 Å². The molecule has 0 saturated heterocycles. The van der Waals surface area contributed by atoms with E-state index in [4.69, 9.17) is 10.2 Å². The number of carboxylic acid groups (broad SMARTS) is 1. The highest BCUT2D eigenvalue weighted by Crippen LogP contribution is 2.15. The van der Waals surface area contributed by atoms with Crippen molar-refractivity contribution in [3.05, 3.63) is 47.5 Å². The van der Waals surface area contributed by atoms with Gasteiger partial charge < -0.3 is 15.3 Å². The fourth-order valence-electron chi connectivity index (χ4n) is 1.02. The highest BCUT2D eigenvalue weighted by Gasteiger charge is 2.03. The lowest BCUT2D eigenvalue weighted by atomic mass is 10.1. The van der Waals surface area contributed by atoms with Crippen molar-refractivity contribution in [3.63, 3.8) is 0 Å². The first-order valence-corrected chi connectivity index (χ1v) is 3.98. The lowest BCUT2D eigenvalue weighted by Gasteiger charge is -1.97. The molecule has 0 aromatic rings. The van der Waals surface area contributed by atoms with Crippen molar-refractivity contribution >= 4 is 5.97 Å². The quantitative estimate of drug-likeness (QED) is 0.586. The van der Waals surface area contributed by atoms with Crippen molar-refractivity contribution in [1.82, 2.24) is 0 Å².